The van der Waals surface area contributed by atoms with Gasteiger partial charge in [0.25, 0.3) is 0 Å². The summed E-state index contributed by atoms with van der Waals surface area (Å²) in [5.74, 6) is -0.360. The summed E-state index contributed by atoms with van der Waals surface area (Å²) in [7, 11) is 0. The van der Waals surface area contributed by atoms with E-state index in [4.69, 9.17) is 5.73 Å². The van der Waals surface area contributed by atoms with Crippen LogP contribution in [0.15, 0.2) is 60.7 Å². The maximum Gasteiger partial charge on any atom is 0.244 e. The maximum atomic E-state index is 12.9. The molecular formula is C29H42N4O3. The van der Waals surface area contributed by atoms with E-state index in [2.05, 4.69) is 16.0 Å². The quantitative estimate of drug-likeness (QED) is 0.161. The fourth-order valence-electron chi connectivity index (χ4n) is 3.80. The molecule has 7 heteroatoms. The monoisotopic (exact) mass is 494 g/mol. The molecule has 196 valence electrons. The SMILES string of the molecule is NCCCNCCCCCCCCNC(=O)[C@H](Cc1ccc(O)cc1)NC(=O)/C=C/c1ccccc1. The number of carbonyl (C=O) groups is 2. The Morgan fingerprint density at radius 3 is 2.17 bits per heavy atom. The molecule has 2 rings (SSSR count). The van der Waals surface area contributed by atoms with Crippen molar-refractivity contribution in [2.45, 2.75) is 57.4 Å². The number of benzene rings is 2. The van der Waals surface area contributed by atoms with Crippen LogP contribution in [0.3, 0.4) is 0 Å². The van der Waals surface area contributed by atoms with E-state index in [0.717, 1.165) is 56.4 Å². The third-order valence-corrected chi connectivity index (χ3v) is 5.87. The van der Waals surface area contributed by atoms with Crippen molar-refractivity contribution in [1.29, 1.82) is 0 Å². The molecule has 1 atom stereocenters. The summed E-state index contributed by atoms with van der Waals surface area (Å²) in [6.07, 6.45) is 11.2. The Labute approximate surface area is 215 Å². The van der Waals surface area contributed by atoms with Gasteiger partial charge in [-0.25, -0.2) is 0 Å². The van der Waals surface area contributed by atoms with E-state index in [-0.39, 0.29) is 17.6 Å². The number of unbranched alkanes of at least 4 members (excludes halogenated alkanes) is 5. The Bertz CT molecular complexity index is 900. The Hall–Kier alpha value is -3.16. The largest absolute Gasteiger partial charge is 0.508 e. The number of phenols is 1. The van der Waals surface area contributed by atoms with E-state index < -0.39 is 6.04 Å². The fourth-order valence-corrected chi connectivity index (χ4v) is 3.80. The highest BCUT2D eigenvalue weighted by Crippen LogP contribution is 2.12. The number of aromatic hydroxyl groups is 1. The van der Waals surface area contributed by atoms with Crippen LogP contribution in [-0.2, 0) is 16.0 Å². The Balaban J connectivity index is 1.74. The average molecular weight is 495 g/mol. The van der Waals surface area contributed by atoms with Crippen LogP contribution in [0.2, 0.25) is 0 Å². The second kappa shape index (κ2) is 18.2. The standard InChI is InChI=1S/C29H42N4O3/c30-19-10-21-31-20-8-3-1-2-4-9-22-32-29(36)27(23-25-13-16-26(34)17-14-25)33-28(35)18-15-24-11-6-5-7-12-24/h5-7,11-18,27,31,34H,1-4,8-10,19-23,30H2,(H,32,36)(H,33,35)/b18-15+/t27-/m0/s1. The number of rotatable bonds is 18. The molecule has 0 bridgehead atoms. The minimum absolute atomic E-state index is 0.164. The molecule has 0 saturated carbocycles. The summed E-state index contributed by atoms with van der Waals surface area (Å²) < 4.78 is 0. The molecule has 0 aliphatic rings. The fraction of sp³-hybridized carbons (Fsp3) is 0.448. The third kappa shape index (κ3) is 13.1. The smallest absolute Gasteiger partial charge is 0.244 e. The zero-order valence-corrected chi connectivity index (χ0v) is 21.3. The number of phenolic OH excluding ortho intramolecular Hbond substituents is 1. The van der Waals surface area contributed by atoms with Crippen LogP contribution in [-0.4, -0.2) is 49.1 Å². The Morgan fingerprint density at radius 1 is 0.833 bits per heavy atom. The van der Waals surface area contributed by atoms with Crippen LogP contribution in [0.1, 0.15) is 56.1 Å². The van der Waals surface area contributed by atoms with E-state index >= 15 is 0 Å². The van der Waals surface area contributed by atoms with Gasteiger partial charge in [0.1, 0.15) is 11.8 Å². The van der Waals surface area contributed by atoms with Crippen LogP contribution >= 0.6 is 0 Å². The zero-order chi connectivity index (χ0) is 25.8. The number of carbonyl (C=O) groups excluding carboxylic acids is 2. The molecule has 0 spiro atoms. The number of hydrogen-bond acceptors (Lipinski definition) is 5. The summed E-state index contributed by atoms with van der Waals surface area (Å²) in [5.41, 5.74) is 7.25. The lowest BCUT2D eigenvalue weighted by Crippen LogP contribution is -2.47. The van der Waals surface area contributed by atoms with Gasteiger partial charge in [0, 0.05) is 19.0 Å². The van der Waals surface area contributed by atoms with Crippen molar-refractivity contribution in [3.8, 4) is 5.75 Å². The van der Waals surface area contributed by atoms with Crippen molar-refractivity contribution in [2.75, 3.05) is 26.2 Å². The molecule has 0 saturated heterocycles. The minimum atomic E-state index is -0.700. The lowest BCUT2D eigenvalue weighted by atomic mass is 10.0. The second-order valence-corrected chi connectivity index (χ2v) is 8.98. The Kier molecular flexibility index (Phi) is 14.7. The van der Waals surface area contributed by atoms with Crippen molar-refractivity contribution in [3.63, 3.8) is 0 Å². The number of nitrogens with one attached hydrogen (secondary N) is 3. The molecule has 0 aliphatic carbocycles. The maximum absolute atomic E-state index is 12.9. The first-order valence-corrected chi connectivity index (χ1v) is 13.1. The van der Waals surface area contributed by atoms with Gasteiger partial charge in [0.2, 0.25) is 11.8 Å². The molecule has 0 fully saturated rings. The topological polar surface area (TPSA) is 116 Å². The molecule has 6 N–H and O–H groups in total. The highest BCUT2D eigenvalue weighted by atomic mass is 16.3. The highest BCUT2D eigenvalue weighted by molar-refractivity contribution is 5.95. The molecule has 2 amide bonds. The highest BCUT2D eigenvalue weighted by Gasteiger charge is 2.20. The van der Waals surface area contributed by atoms with E-state index in [9.17, 15) is 14.7 Å². The second-order valence-electron chi connectivity index (χ2n) is 8.98. The van der Waals surface area contributed by atoms with E-state index in [0.29, 0.717) is 13.0 Å². The summed E-state index contributed by atoms with van der Waals surface area (Å²) in [6.45, 7) is 3.36. The predicted molar refractivity (Wildman–Crippen MR) is 146 cm³/mol. The zero-order valence-electron chi connectivity index (χ0n) is 21.3. The van der Waals surface area contributed by atoms with Crippen LogP contribution in [0.5, 0.6) is 5.75 Å². The van der Waals surface area contributed by atoms with Gasteiger partial charge in [0.15, 0.2) is 0 Å². The van der Waals surface area contributed by atoms with Gasteiger partial charge in [-0.15, -0.1) is 0 Å². The first-order chi connectivity index (χ1) is 17.6. The van der Waals surface area contributed by atoms with Crippen molar-refractivity contribution in [1.82, 2.24) is 16.0 Å². The lowest BCUT2D eigenvalue weighted by Gasteiger charge is -2.18. The molecular weight excluding hydrogens is 452 g/mol. The van der Waals surface area contributed by atoms with Gasteiger partial charge in [-0.05, 0) is 68.2 Å². The lowest BCUT2D eigenvalue weighted by molar-refractivity contribution is -0.127. The predicted octanol–water partition coefficient (Wildman–Crippen LogP) is 3.53. The van der Waals surface area contributed by atoms with Gasteiger partial charge >= 0.3 is 0 Å². The number of hydrogen-bond donors (Lipinski definition) is 5. The average Bonchev–Trinajstić information content (AvgIpc) is 2.89. The minimum Gasteiger partial charge on any atom is -0.508 e. The molecule has 7 nitrogen and oxygen atoms in total. The van der Waals surface area contributed by atoms with Crippen molar-refractivity contribution in [3.05, 3.63) is 71.8 Å². The number of amides is 2. The molecule has 0 radical (unpaired) electrons. The molecule has 36 heavy (non-hydrogen) atoms. The summed E-state index contributed by atoms with van der Waals surface area (Å²) >= 11 is 0. The Morgan fingerprint density at radius 2 is 1.47 bits per heavy atom. The normalized spacial score (nSPS) is 11.9. The van der Waals surface area contributed by atoms with Gasteiger partial charge < -0.3 is 26.8 Å². The molecule has 0 unspecified atom stereocenters. The molecule has 2 aromatic carbocycles. The molecule has 0 aromatic heterocycles. The van der Waals surface area contributed by atoms with Gasteiger partial charge in [-0.3, -0.25) is 9.59 Å². The van der Waals surface area contributed by atoms with Crippen molar-refractivity contribution < 1.29 is 14.7 Å². The van der Waals surface area contributed by atoms with Crippen LogP contribution < -0.4 is 21.7 Å². The van der Waals surface area contributed by atoms with Crippen LogP contribution in [0.4, 0.5) is 0 Å². The summed E-state index contributed by atoms with van der Waals surface area (Å²) in [4.78, 5) is 25.4. The summed E-state index contributed by atoms with van der Waals surface area (Å²) in [5, 5.41) is 18.7. The first kappa shape index (κ1) is 29.1. The summed E-state index contributed by atoms with van der Waals surface area (Å²) in [6, 6.07) is 15.5. The first-order valence-electron chi connectivity index (χ1n) is 13.1. The van der Waals surface area contributed by atoms with Gasteiger partial charge in [0.05, 0.1) is 0 Å². The van der Waals surface area contributed by atoms with E-state index in [1.165, 1.54) is 25.3 Å². The molecule has 0 heterocycles. The third-order valence-electron chi connectivity index (χ3n) is 5.87. The van der Waals surface area contributed by atoms with Crippen LogP contribution in [0, 0.1) is 0 Å². The van der Waals surface area contributed by atoms with Crippen LogP contribution in [0.25, 0.3) is 6.08 Å². The molecule has 2 aromatic rings. The van der Waals surface area contributed by atoms with Crippen molar-refractivity contribution in [2.24, 2.45) is 5.73 Å². The molecule has 0 aliphatic heterocycles. The van der Waals surface area contributed by atoms with Gasteiger partial charge in [-0.1, -0.05) is 68.1 Å². The van der Waals surface area contributed by atoms with E-state index in [1.807, 2.05) is 30.3 Å². The number of nitrogens with two attached hydrogens (primary N) is 1. The van der Waals surface area contributed by atoms with Crippen molar-refractivity contribution >= 4 is 17.9 Å². The van der Waals surface area contributed by atoms with Gasteiger partial charge in [-0.2, -0.15) is 0 Å². The van der Waals surface area contributed by atoms with E-state index in [1.54, 1.807) is 30.3 Å².